The van der Waals surface area contributed by atoms with Gasteiger partial charge in [-0.05, 0) is 41.2 Å². The molecule has 4 rings (SSSR count). The van der Waals surface area contributed by atoms with Gasteiger partial charge in [0, 0.05) is 11.1 Å². The predicted molar refractivity (Wildman–Crippen MR) is 121 cm³/mol. The summed E-state index contributed by atoms with van der Waals surface area (Å²) in [5.74, 6) is 1.99. The summed E-state index contributed by atoms with van der Waals surface area (Å²) in [5, 5.41) is 23.8. The van der Waals surface area contributed by atoms with Crippen molar-refractivity contribution in [2.24, 2.45) is 5.10 Å². The van der Waals surface area contributed by atoms with E-state index >= 15 is 0 Å². The summed E-state index contributed by atoms with van der Waals surface area (Å²) in [4.78, 5) is 0. The fourth-order valence-corrected chi connectivity index (χ4v) is 3.51. The molecule has 0 aliphatic heterocycles. The molecule has 31 heavy (non-hydrogen) atoms. The Balaban J connectivity index is 1.84. The SMILES string of the molecule is COc1cc(-c2n[nH]c(=S)n2/N=C\c2c(O)ccc3ccccc23)cc(OC)c1OC. The van der Waals surface area contributed by atoms with Gasteiger partial charge in [-0.15, -0.1) is 0 Å². The molecule has 1 aromatic heterocycles. The van der Waals surface area contributed by atoms with Gasteiger partial charge < -0.3 is 19.3 Å². The van der Waals surface area contributed by atoms with E-state index in [1.807, 2.05) is 30.3 Å². The Hall–Kier alpha value is -3.85. The number of H-pyrrole nitrogens is 1. The van der Waals surface area contributed by atoms with Crippen LogP contribution < -0.4 is 14.2 Å². The Labute approximate surface area is 183 Å². The number of fused-ring (bicyclic) bond motifs is 1. The summed E-state index contributed by atoms with van der Waals surface area (Å²) >= 11 is 5.37. The summed E-state index contributed by atoms with van der Waals surface area (Å²) in [6.45, 7) is 0. The number of phenols is 1. The van der Waals surface area contributed by atoms with Crippen molar-refractivity contribution in [2.75, 3.05) is 21.3 Å². The average molecular weight is 436 g/mol. The van der Waals surface area contributed by atoms with Crippen LogP contribution in [0.3, 0.4) is 0 Å². The number of benzene rings is 3. The second-order valence-corrected chi connectivity index (χ2v) is 6.93. The first-order chi connectivity index (χ1) is 15.1. The highest BCUT2D eigenvalue weighted by Gasteiger charge is 2.17. The van der Waals surface area contributed by atoms with Crippen LogP contribution in [-0.2, 0) is 0 Å². The van der Waals surface area contributed by atoms with Gasteiger partial charge in [0.1, 0.15) is 5.75 Å². The fraction of sp³-hybridized carbons (Fsp3) is 0.136. The molecule has 2 N–H and O–H groups in total. The summed E-state index contributed by atoms with van der Waals surface area (Å²) in [7, 11) is 4.62. The van der Waals surface area contributed by atoms with Crippen molar-refractivity contribution in [2.45, 2.75) is 0 Å². The third-order valence-electron chi connectivity index (χ3n) is 4.82. The second kappa shape index (κ2) is 8.49. The first-order valence-corrected chi connectivity index (χ1v) is 9.71. The Kier molecular flexibility index (Phi) is 5.59. The molecule has 158 valence electrons. The van der Waals surface area contributed by atoms with E-state index in [1.54, 1.807) is 38.6 Å². The Morgan fingerprint density at radius 3 is 2.42 bits per heavy atom. The number of nitrogens with one attached hydrogen (secondary N) is 1. The molecule has 4 aromatic rings. The van der Waals surface area contributed by atoms with Crippen LogP contribution in [0.5, 0.6) is 23.0 Å². The van der Waals surface area contributed by atoms with Crippen molar-refractivity contribution < 1.29 is 19.3 Å². The van der Waals surface area contributed by atoms with Crippen LogP contribution in [0.2, 0.25) is 0 Å². The average Bonchev–Trinajstić information content (AvgIpc) is 3.17. The number of aromatic amines is 1. The number of hydrogen-bond donors (Lipinski definition) is 2. The van der Waals surface area contributed by atoms with Crippen LogP contribution in [0.25, 0.3) is 22.2 Å². The molecule has 0 unspecified atom stereocenters. The number of phenolic OH excluding ortho intramolecular Hbond substituents is 1. The van der Waals surface area contributed by atoms with E-state index in [0.29, 0.717) is 39.0 Å². The van der Waals surface area contributed by atoms with E-state index in [0.717, 1.165) is 10.8 Å². The number of nitrogens with zero attached hydrogens (tertiary/aromatic N) is 3. The van der Waals surface area contributed by atoms with Crippen LogP contribution in [0.4, 0.5) is 0 Å². The minimum Gasteiger partial charge on any atom is -0.507 e. The number of ether oxygens (including phenoxy) is 3. The van der Waals surface area contributed by atoms with Gasteiger partial charge in [0.05, 0.1) is 27.5 Å². The van der Waals surface area contributed by atoms with Crippen molar-refractivity contribution in [3.63, 3.8) is 0 Å². The molecule has 0 spiro atoms. The lowest BCUT2D eigenvalue weighted by Gasteiger charge is -2.13. The van der Waals surface area contributed by atoms with Crippen molar-refractivity contribution in [1.82, 2.24) is 14.9 Å². The molecule has 8 nitrogen and oxygen atoms in total. The number of methoxy groups -OCH3 is 3. The first kappa shape index (κ1) is 20.4. The monoisotopic (exact) mass is 436 g/mol. The van der Waals surface area contributed by atoms with Crippen molar-refractivity contribution in [1.29, 1.82) is 0 Å². The zero-order chi connectivity index (χ0) is 22.0. The molecule has 0 fully saturated rings. The third kappa shape index (κ3) is 3.71. The summed E-state index contributed by atoms with van der Waals surface area (Å²) in [6.07, 6.45) is 1.56. The Bertz CT molecular complexity index is 1320. The molecule has 0 radical (unpaired) electrons. The van der Waals surface area contributed by atoms with E-state index in [-0.39, 0.29) is 5.75 Å². The van der Waals surface area contributed by atoms with Gasteiger partial charge in [-0.2, -0.15) is 14.9 Å². The highest BCUT2D eigenvalue weighted by atomic mass is 32.1. The smallest absolute Gasteiger partial charge is 0.216 e. The Morgan fingerprint density at radius 1 is 1.03 bits per heavy atom. The maximum atomic E-state index is 10.4. The van der Waals surface area contributed by atoms with Gasteiger partial charge in [0.15, 0.2) is 17.3 Å². The standard InChI is InChI=1S/C22H20N4O4S/c1-28-18-10-14(11-19(29-2)20(18)30-3)21-24-25-22(31)26(21)23-12-16-15-7-5-4-6-13(15)8-9-17(16)27/h4-12,27H,1-3H3,(H,25,31)/b23-12-. The topological polar surface area (TPSA) is 93.9 Å². The molecule has 3 aromatic carbocycles. The lowest BCUT2D eigenvalue weighted by atomic mass is 10.0. The molecule has 0 aliphatic rings. The molecular formula is C22H20N4O4S. The summed E-state index contributed by atoms with van der Waals surface area (Å²) in [5.41, 5.74) is 1.23. The number of aromatic nitrogens is 3. The molecule has 0 atom stereocenters. The van der Waals surface area contributed by atoms with Crippen LogP contribution in [0.15, 0.2) is 53.6 Å². The predicted octanol–water partition coefficient (Wildman–Crippen LogP) is 4.37. The quantitative estimate of drug-likeness (QED) is 0.344. The van der Waals surface area contributed by atoms with Crippen molar-refractivity contribution in [3.05, 3.63) is 58.9 Å². The first-order valence-electron chi connectivity index (χ1n) is 9.30. The number of hydrogen-bond acceptors (Lipinski definition) is 7. The van der Waals surface area contributed by atoms with Gasteiger partial charge in [0.2, 0.25) is 10.5 Å². The maximum Gasteiger partial charge on any atom is 0.216 e. The van der Waals surface area contributed by atoms with Gasteiger partial charge in [-0.25, -0.2) is 5.10 Å². The molecular weight excluding hydrogens is 416 g/mol. The zero-order valence-corrected chi connectivity index (χ0v) is 17.9. The van der Waals surface area contributed by atoms with Gasteiger partial charge in [-0.1, -0.05) is 30.3 Å². The van der Waals surface area contributed by atoms with Crippen molar-refractivity contribution >= 4 is 29.2 Å². The molecule has 1 heterocycles. The molecule has 9 heteroatoms. The number of rotatable bonds is 6. The second-order valence-electron chi connectivity index (χ2n) is 6.54. The Morgan fingerprint density at radius 2 is 1.74 bits per heavy atom. The summed E-state index contributed by atoms with van der Waals surface area (Å²) in [6, 6.07) is 14.7. The van der Waals surface area contributed by atoms with Crippen LogP contribution in [0.1, 0.15) is 5.56 Å². The normalized spacial score (nSPS) is 11.2. The van der Waals surface area contributed by atoms with E-state index in [2.05, 4.69) is 15.3 Å². The lowest BCUT2D eigenvalue weighted by Crippen LogP contribution is -1.99. The van der Waals surface area contributed by atoms with E-state index in [9.17, 15) is 5.11 Å². The molecule has 0 amide bonds. The van der Waals surface area contributed by atoms with Gasteiger partial charge >= 0.3 is 0 Å². The lowest BCUT2D eigenvalue weighted by molar-refractivity contribution is 0.324. The van der Waals surface area contributed by atoms with Gasteiger partial charge in [-0.3, -0.25) is 0 Å². The van der Waals surface area contributed by atoms with Crippen LogP contribution in [0, 0.1) is 4.77 Å². The zero-order valence-electron chi connectivity index (χ0n) is 17.1. The van der Waals surface area contributed by atoms with E-state index in [1.165, 1.54) is 11.8 Å². The van der Waals surface area contributed by atoms with Gasteiger partial charge in [0.25, 0.3) is 0 Å². The highest BCUT2D eigenvalue weighted by molar-refractivity contribution is 7.71. The molecule has 0 saturated heterocycles. The van der Waals surface area contributed by atoms with Crippen LogP contribution >= 0.6 is 12.2 Å². The van der Waals surface area contributed by atoms with Crippen LogP contribution in [-0.4, -0.2) is 47.5 Å². The van der Waals surface area contributed by atoms with Crippen molar-refractivity contribution in [3.8, 4) is 34.4 Å². The third-order valence-corrected chi connectivity index (χ3v) is 5.09. The van der Waals surface area contributed by atoms with E-state index in [4.69, 9.17) is 26.4 Å². The molecule has 0 bridgehead atoms. The minimum absolute atomic E-state index is 0.117. The largest absolute Gasteiger partial charge is 0.507 e. The molecule has 0 aliphatic carbocycles. The highest BCUT2D eigenvalue weighted by Crippen LogP contribution is 2.40. The van der Waals surface area contributed by atoms with E-state index < -0.39 is 0 Å². The number of aromatic hydroxyl groups is 1. The maximum absolute atomic E-state index is 10.4. The minimum atomic E-state index is 0.117. The molecule has 0 saturated carbocycles. The fourth-order valence-electron chi connectivity index (χ4n) is 3.33. The summed E-state index contributed by atoms with van der Waals surface area (Å²) < 4.78 is 18.0.